The molecule has 0 N–H and O–H groups in total. The van der Waals surface area contributed by atoms with Gasteiger partial charge in [-0.05, 0) is 44.4 Å². The second-order valence-corrected chi connectivity index (χ2v) is 8.85. The van der Waals surface area contributed by atoms with E-state index < -0.39 is 27.8 Å². The maximum Gasteiger partial charge on any atom is 0.344 e. The molecule has 0 bridgehead atoms. The Morgan fingerprint density at radius 3 is 2.62 bits per heavy atom. The highest BCUT2D eigenvalue weighted by atomic mass is 32.2. The summed E-state index contributed by atoms with van der Waals surface area (Å²) in [5.74, 6) is -0.459. The van der Waals surface area contributed by atoms with Crippen molar-refractivity contribution in [3.63, 3.8) is 0 Å². The molecule has 1 aliphatic rings. The lowest BCUT2D eigenvalue weighted by molar-refractivity contribution is -0.160. The third-order valence-corrected chi connectivity index (χ3v) is 6.41. The van der Waals surface area contributed by atoms with Crippen molar-refractivity contribution in [1.82, 2.24) is 4.90 Å². The third-order valence-electron chi connectivity index (χ3n) is 4.66. The zero-order valence-corrected chi connectivity index (χ0v) is 16.3. The maximum atomic E-state index is 12.4. The van der Waals surface area contributed by atoms with Crippen molar-refractivity contribution >= 4 is 21.7 Å². The monoisotopic (exact) mass is 383 g/mol. The van der Waals surface area contributed by atoms with Gasteiger partial charge in [0.2, 0.25) is 0 Å². The summed E-state index contributed by atoms with van der Waals surface area (Å²) in [6.45, 7) is 5.01. The first kappa shape index (κ1) is 20.2. The van der Waals surface area contributed by atoms with E-state index in [1.165, 1.54) is 18.9 Å². The van der Waals surface area contributed by atoms with Crippen LogP contribution < -0.4 is 4.74 Å². The molecule has 7 nitrogen and oxygen atoms in total. The van der Waals surface area contributed by atoms with Crippen molar-refractivity contribution in [2.24, 2.45) is 0 Å². The van der Waals surface area contributed by atoms with E-state index in [2.05, 4.69) is 0 Å². The van der Waals surface area contributed by atoms with E-state index in [0.29, 0.717) is 12.2 Å². The van der Waals surface area contributed by atoms with Crippen molar-refractivity contribution in [2.75, 3.05) is 25.2 Å². The van der Waals surface area contributed by atoms with Crippen LogP contribution in [0.2, 0.25) is 0 Å². The molecule has 0 unspecified atom stereocenters. The molecule has 1 saturated heterocycles. The SMILES string of the molecule is Cc1cccc(OCC(=O)O[C@@H](C)C(=O)N(C)[C@H]2CCS(=O)(=O)C2)c1C. The molecule has 2 atom stereocenters. The normalized spacial score (nSPS) is 19.6. The molecular weight excluding hydrogens is 358 g/mol. The van der Waals surface area contributed by atoms with Crippen molar-refractivity contribution in [3.8, 4) is 5.75 Å². The Morgan fingerprint density at radius 1 is 1.31 bits per heavy atom. The number of hydrogen-bond acceptors (Lipinski definition) is 6. The summed E-state index contributed by atoms with van der Waals surface area (Å²) in [6, 6.07) is 5.17. The maximum absolute atomic E-state index is 12.4. The van der Waals surface area contributed by atoms with E-state index in [1.807, 2.05) is 26.0 Å². The Bertz CT molecular complexity index is 789. The van der Waals surface area contributed by atoms with E-state index in [4.69, 9.17) is 9.47 Å². The number of amides is 1. The third kappa shape index (κ3) is 4.97. The molecule has 1 amide bonds. The molecule has 1 heterocycles. The van der Waals surface area contributed by atoms with Crippen molar-refractivity contribution in [3.05, 3.63) is 29.3 Å². The largest absolute Gasteiger partial charge is 0.482 e. The highest BCUT2D eigenvalue weighted by Gasteiger charge is 2.34. The number of carbonyl (C=O) groups excluding carboxylic acids is 2. The molecule has 1 aromatic carbocycles. The molecule has 26 heavy (non-hydrogen) atoms. The number of likely N-dealkylation sites (N-methyl/N-ethyl adjacent to an activating group) is 1. The molecule has 1 fully saturated rings. The van der Waals surface area contributed by atoms with Crippen LogP contribution in [0.1, 0.15) is 24.5 Å². The van der Waals surface area contributed by atoms with Crippen LogP contribution in [0.15, 0.2) is 18.2 Å². The lowest BCUT2D eigenvalue weighted by atomic mass is 10.1. The number of ether oxygens (including phenoxy) is 2. The number of benzene rings is 1. The number of nitrogens with zero attached hydrogens (tertiary/aromatic N) is 1. The van der Waals surface area contributed by atoms with Gasteiger partial charge >= 0.3 is 5.97 Å². The topological polar surface area (TPSA) is 90.0 Å². The molecule has 0 saturated carbocycles. The quantitative estimate of drug-likeness (QED) is 0.687. The summed E-state index contributed by atoms with van der Waals surface area (Å²) in [4.78, 5) is 25.7. The zero-order valence-electron chi connectivity index (χ0n) is 15.5. The summed E-state index contributed by atoms with van der Waals surface area (Å²) in [5.41, 5.74) is 1.99. The van der Waals surface area contributed by atoms with E-state index in [0.717, 1.165) is 11.1 Å². The highest BCUT2D eigenvalue weighted by molar-refractivity contribution is 7.91. The van der Waals surface area contributed by atoms with Gasteiger partial charge in [-0.3, -0.25) is 4.79 Å². The summed E-state index contributed by atoms with van der Waals surface area (Å²) in [6.07, 6.45) is -0.598. The van der Waals surface area contributed by atoms with Crippen molar-refractivity contribution in [2.45, 2.75) is 39.3 Å². The number of sulfone groups is 1. The van der Waals surface area contributed by atoms with Gasteiger partial charge in [-0.25, -0.2) is 13.2 Å². The van der Waals surface area contributed by atoms with Gasteiger partial charge in [-0.1, -0.05) is 12.1 Å². The summed E-state index contributed by atoms with van der Waals surface area (Å²) < 4.78 is 33.7. The van der Waals surface area contributed by atoms with E-state index in [9.17, 15) is 18.0 Å². The van der Waals surface area contributed by atoms with Crippen LogP contribution in [0.25, 0.3) is 0 Å². The Balaban J connectivity index is 1.86. The molecule has 0 spiro atoms. The van der Waals surface area contributed by atoms with Crippen LogP contribution in [-0.4, -0.2) is 62.5 Å². The van der Waals surface area contributed by atoms with Crippen molar-refractivity contribution < 1.29 is 27.5 Å². The lowest BCUT2D eigenvalue weighted by Crippen LogP contribution is -2.44. The van der Waals surface area contributed by atoms with Gasteiger partial charge < -0.3 is 14.4 Å². The minimum absolute atomic E-state index is 0.0499. The second kappa shape index (κ2) is 8.07. The van der Waals surface area contributed by atoms with Crippen molar-refractivity contribution in [1.29, 1.82) is 0 Å². The summed E-state index contributed by atoms with van der Waals surface area (Å²) in [7, 11) is -1.56. The lowest BCUT2D eigenvalue weighted by Gasteiger charge is -2.26. The first-order valence-corrected chi connectivity index (χ1v) is 10.3. The predicted octanol–water partition coefficient (Wildman–Crippen LogP) is 1.26. The number of rotatable bonds is 6. The van der Waals surface area contributed by atoms with E-state index >= 15 is 0 Å². The Hall–Kier alpha value is -2.09. The number of carbonyl (C=O) groups is 2. The fourth-order valence-electron chi connectivity index (χ4n) is 2.85. The summed E-state index contributed by atoms with van der Waals surface area (Å²) >= 11 is 0. The van der Waals surface area contributed by atoms with Crippen LogP contribution in [-0.2, 0) is 24.2 Å². The fourth-order valence-corrected chi connectivity index (χ4v) is 4.62. The summed E-state index contributed by atoms with van der Waals surface area (Å²) in [5, 5.41) is 0. The Labute approximate surface area is 154 Å². The first-order chi connectivity index (χ1) is 12.1. The van der Waals surface area contributed by atoms with Gasteiger partial charge in [0, 0.05) is 13.1 Å². The van der Waals surface area contributed by atoms with Gasteiger partial charge in [-0.15, -0.1) is 0 Å². The number of esters is 1. The minimum atomic E-state index is -3.09. The van der Waals surface area contributed by atoms with Gasteiger partial charge in [0.05, 0.1) is 11.5 Å². The van der Waals surface area contributed by atoms with Crippen LogP contribution in [0.3, 0.4) is 0 Å². The molecular formula is C18H25NO6S. The molecule has 0 aliphatic carbocycles. The van der Waals surface area contributed by atoms with Crippen LogP contribution >= 0.6 is 0 Å². The fraction of sp³-hybridized carbons (Fsp3) is 0.556. The molecule has 144 valence electrons. The number of hydrogen-bond donors (Lipinski definition) is 0. The van der Waals surface area contributed by atoms with Gasteiger partial charge in [0.15, 0.2) is 22.5 Å². The molecule has 2 rings (SSSR count). The van der Waals surface area contributed by atoms with Gasteiger partial charge in [0.1, 0.15) is 5.75 Å². The van der Waals surface area contributed by atoms with Crippen LogP contribution in [0.5, 0.6) is 5.75 Å². The van der Waals surface area contributed by atoms with Crippen LogP contribution in [0.4, 0.5) is 0 Å². The smallest absolute Gasteiger partial charge is 0.344 e. The molecule has 0 radical (unpaired) electrons. The van der Waals surface area contributed by atoms with Gasteiger partial charge in [-0.2, -0.15) is 0 Å². The minimum Gasteiger partial charge on any atom is -0.482 e. The Morgan fingerprint density at radius 2 is 2.00 bits per heavy atom. The average molecular weight is 383 g/mol. The standard InChI is InChI=1S/C18H25NO6S/c1-12-6-5-7-16(13(12)2)24-10-17(20)25-14(3)18(21)19(4)15-8-9-26(22,23)11-15/h5-7,14-15H,8-11H2,1-4H3/t14-,15-/m0/s1. The van der Waals surface area contributed by atoms with E-state index in [-0.39, 0.29) is 24.2 Å². The molecule has 1 aliphatic heterocycles. The first-order valence-electron chi connectivity index (χ1n) is 8.46. The molecule has 1 aromatic rings. The van der Waals surface area contributed by atoms with Crippen LogP contribution in [0, 0.1) is 13.8 Å². The average Bonchev–Trinajstić information content (AvgIpc) is 2.94. The Kier molecular flexibility index (Phi) is 6.28. The van der Waals surface area contributed by atoms with E-state index in [1.54, 1.807) is 6.07 Å². The molecule has 0 aromatic heterocycles. The second-order valence-electron chi connectivity index (χ2n) is 6.62. The highest BCUT2D eigenvalue weighted by Crippen LogP contribution is 2.21. The van der Waals surface area contributed by atoms with Gasteiger partial charge in [0.25, 0.3) is 5.91 Å². The molecule has 8 heteroatoms. The zero-order chi connectivity index (χ0) is 19.5. The predicted molar refractivity (Wildman–Crippen MR) is 96.8 cm³/mol. The number of aryl methyl sites for hydroxylation is 1.